The normalized spacial score (nSPS) is 11.8. The van der Waals surface area contributed by atoms with Gasteiger partial charge in [0.15, 0.2) is 0 Å². The van der Waals surface area contributed by atoms with Gasteiger partial charge in [0.25, 0.3) is 11.5 Å². The number of nitrogens with one attached hydrogen (secondary N) is 1. The molecule has 11 nitrogen and oxygen atoms in total. The number of nitrogens with zero attached hydrogens (tertiary/aromatic N) is 4. The van der Waals surface area contributed by atoms with E-state index in [1.165, 1.54) is 34.8 Å². The molecule has 0 bridgehead atoms. The van der Waals surface area contributed by atoms with E-state index in [0.29, 0.717) is 16.7 Å². The van der Waals surface area contributed by atoms with Gasteiger partial charge in [0.1, 0.15) is 17.9 Å². The van der Waals surface area contributed by atoms with Gasteiger partial charge in [-0.05, 0) is 54.1 Å². The maximum atomic E-state index is 13.6. The number of carbonyl (C=O) groups excluding carboxylic acids is 1. The van der Waals surface area contributed by atoms with Gasteiger partial charge >= 0.3 is 0 Å². The molecule has 4 aromatic carbocycles. The first kappa shape index (κ1) is 33.1. The summed E-state index contributed by atoms with van der Waals surface area (Å²) in [6, 6.07) is 28.9. The molecule has 0 atom stereocenters. The summed E-state index contributed by atoms with van der Waals surface area (Å²) in [5.74, 6) is -0.299. The van der Waals surface area contributed by atoms with E-state index in [0.717, 1.165) is 21.0 Å². The van der Waals surface area contributed by atoms with Crippen molar-refractivity contribution in [2.75, 3.05) is 13.1 Å². The fourth-order valence-electron chi connectivity index (χ4n) is 5.55. The zero-order valence-corrected chi connectivity index (χ0v) is 27.6. The van der Waals surface area contributed by atoms with Crippen LogP contribution >= 0.6 is 0 Å². The fourth-order valence-corrected chi connectivity index (χ4v) is 7.05. The minimum atomic E-state index is -3.83. The highest BCUT2D eigenvalue weighted by molar-refractivity contribution is 7.89. The van der Waals surface area contributed by atoms with Crippen molar-refractivity contribution < 1.29 is 23.1 Å². The maximum absolute atomic E-state index is 13.6. The van der Waals surface area contributed by atoms with Crippen LogP contribution in [0.25, 0.3) is 27.4 Å². The van der Waals surface area contributed by atoms with Crippen LogP contribution in [0.5, 0.6) is 11.6 Å². The summed E-state index contributed by atoms with van der Waals surface area (Å²) in [6.07, 6.45) is 2.97. The van der Waals surface area contributed by atoms with E-state index < -0.39 is 27.4 Å². The summed E-state index contributed by atoms with van der Waals surface area (Å²) in [5, 5.41) is 17.1. The number of hydrazone groups is 1. The number of carbonyl (C=O) groups is 1. The average molecular weight is 676 g/mol. The molecule has 0 fully saturated rings. The number of benzene rings is 4. The Bertz CT molecular complexity index is 2360. The average Bonchev–Trinajstić information content (AvgIpc) is 3.13. The van der Waals surface area contributed by atoms with E-state index in [2.05, 4.69) is 15.5 Å². The van der Waals surface area contributed by atoms with Gasteiger partial charge in [-0.1, -0.05) is 68.4 Å². The predicted octanol–water partition coefficient (Wildman–Crippen LogP) is 5.62. The third kappa shape index (κ3) is 6.64. The summed E-state index contributed by atoms with van der Waals surface area (Å²) < 4.78 is 34.7. The van der Waals surface area contributed by atoms with Crippen LogP contribution in [0.15, 0.2) is 124 Å². The van der Waals surface area contributed by atoms with Crippen LogP contribution in [0, 0.1) is 0 Å². The second-order valence-corrected chi connectivity index (χ2v) is 13.0. The number of sulfonamides is 1. The molecule has 1 amide bonds. The van der Waals surface area contributed by atoms with Crippen molar-refractivity contribution >= 4 is 43.8 Å². The Kier molecular flexibility index (Phi) is 9.51. The number of aromatic nitrogens is 2. The topological polar surface area (TPSA) is 143 Å². The van der Waals surface area contributed by atoms with Gasteiger partial charge in [-0.15, -0.1) is 0 Å². The van der Waals surface area contributed by atoms with Crippen LogP contribution in [-0.2, 0) is 16.6 Å². The summed E-state index contributed by atoms with van der Waals surface area (Å²) in [7, 11) is -3.83. The molecule has 6 aromatic rings. The monoisotopic (exact) mass is 675 g/mol. The second-order valence-electron chi connectivity index (χ2n) is 11.0. The summed E-state index contributed by atoms with van der Waals surface area (Å²) in [5.41, 5.74) is 4.19. The number of hydrogen-bond acceptors (Lipinski definition) is 8. The Morgan fingerprint density at radius 1 is 0.939 bits per heavy atom. The van der Waals surface area contributed by atoms with Gasteiger partial charge in [0.05, 0.1) is 22.4 Å². The van der Waals surface area contributed by atoms with E-state index >= 15 is 0 Å². The lowest BCUT2D eigenvalue weighted by atomic mass is 10.1. The number of para-hydroxylation sites is 1. The fraction of sp³-hybridized carbons (Fsp3) is 0.135. The Hall–Kier alpha value is -5.85. The summed E-state index contributed by atoms with van der Waals surface area (Å²) >= 11 is 0. The van der Waals surface area contributed by atoms with Crippen molar-refractivity contribution in [2.45, 2.75) is 25.3 Å². The highest BCUT2D eigenvalue weighted by atomic mass is 32.2. The predicted molar refractivity (Wildman–Crippen MR) is 189 cm³/mol. The molecule has 2 N–H and O–H groups in total. The number of aromatic hydroxyl groups is 1. The molecule has 0 spiro atoms. The molecular weight excluding hydrogens is 643 g/mol. The molecular formula is C37H33N5O6S. The highest BCUT2D eigenvalue weighted by Crippen LogP contribution is 2.28. The van der Waals surface area contributed by atoms with Gasteiger partial charge in [0.2, 0.25) is 15.9 Å². The third-order valence-electron chi connectivity index (χ3n) is 8.09. The van der Waals surface area contributed by atoms with Crippen molar-refractivity contribution in [1.29, 1.82) is 0 Å². The number of ether oxygens (including phenoxy) is 1. The molecule has 0 aliphatic rings. The molecule has 248 valence electrons. The lowest BCUT2D eigenvalue weighted by molar-refractivity contribution is 0.0955. The minimum Gasteiger partial charge on any atom is -0.494 e. The van der Waals surface area contributed by atoms with E-state index in [-0.39, 0.29) is 41.2 Å². The van der Waals surface area contributed by atoms with E-state index in [4.69, 9.17) is 4.74 Å². The van der Waals surface area contributed by atoms with Crippen molar-refractivity contribution in [3.8, 4) is 17.3 Å². The van der Waals surface area contributed by atoms with Crippen molar-refractivity contribution in [1.82, 2.24) is 19.3 Å². The number of hydrogen-bond donors (Lipinski definition) is 2. The van der Waals surface area contributed by atoms with Gasteiger partial charge in [0, 0.05) is 41.0 Å². The summed E-state index contributed by atoms with van der Waals surface area (Å²) in [4.78, 5) is 31.0. The maximum Gasteiger partial charge on any atom is 0.271 e. The molecule has 0 aliphatic heterocycles. The van der Waals surface area contributed by atoms with Crippen molar-refractivity contribution in [3.63, 3.8) is 0 Å². The van der Waals surface area contributed by atoms with Crippen LogP contribution in [0.2, 0.25) is 0 Å². The quantitative estimate of drug-likeness (QED) is 0.134. The van der Waals surface area contributed by atoms with Crippen LogP contribution in [0.1, 0.15) is 35.3 Å². The van der Waals surface area contributed by atoms with E-state index in [1.807, 2.05) is 30.3 Å². The molecule has 0 saturated heterocycles. The number of fused-ring (bicyclic) bond motifs is 2. The first-order valence-corrected chi connectivity index (χ1v) is 17.0. The zero-order chi connectivity index (χ0) is 34.5. The van der Waals surface area contributed by atoms with Gasteiger partial charge < -0.3 is 9.84 Å². The van der Waals surface area contributed by atoms with Crippen molar-refractivity contribution in [2.24, 2.45) is 5.10 Å². The number of pyridine rings is 2. The molecule has 0 unspecified atom stereocenters. The lowest BCUT2D eigenvalue weighted by Gasteiger charge is -2.19. The molecule has 2 aromatic heterocycles. The van der Waals surface area contributed by atoms with Gasteiger partial charge in [-0.2, -0.15) is 9.41 Å². The van der Waals surface area contributed by atoms with Crippen molar-refractivity contribution in [3.05, 3.63) is 136 Å². The van der Waals surface area contributed by atoms with Crippen LogP contribution in [0.3, 0.4) is 0 Å². The second kappa shape index (κ2) is 14.1. The molecule has 2 heterocycles. The Morgan fingerprint density at radius 3 is 2.41 bits per heavy atom. The molecule has 49 heavy (non-hydrogen) atoms. The Balaban J connectivity index is 1.23. The smallest absolute Gasteiger partial charge is 0.271 e. The minimum absolute atomic E-state index is 0.0150. The molecule has 12 heteroatoms. The zero-order valence-electron chi connectivity index (χ0n) is 26.8. The SMILES string of the molecule is CCN(CC)S(=O)(=O)c1cccc(-n2c(O)c(/C=N/NC(=O)c3ccc(COc4cccc5cccnc45)cc3)c3ccccc3c2=O)c1. The first-order valence-electron chi connectivity index (χ1n) is 15.6. The summed E-state index contributed by atoms with van der Waals surface area (Å²) in [6.45, 7) is 4.32. The van der Waals surface area contributed by atoms with Crippen LogP contribution in [0.4, 0.5) is 0 Å². The third-order valence-corrected chi connectivity index (χ3v) is 10.1. The van der Waals surface area contributed by atoms with E-state index in [1.54, 1.807) is 68.6 Å². The molecule has 0 radical (unpaired) electrons. The lowest BCUT2D eigenvalue weighted by Crippen LogP contribution is -2.30. The standard InChI is InChI=1S/C37H33N5O6S/c1-3-41(4-2)49(46,47)29-13-8-12-28(22-29)42-36(44)31-15-6-5-14-30(31)32(37(42)45)23-39-40-35(43)27-19-17-25(18-20-27)24-48-33-16-7-10-26-11-9-21-38-34(26)33/h5-23,45H,3-4,24H2,1-2H3,(H,40,43)/b39-23+. The van der Waals surface area contributed by atoms with E-state index in [9.17, 15) is 23.1 Å². The van der Waals surface area contributed by atoms with Crippen LogP contribution in [-0.4, -0.2) is 52.6 Å². The van der Waals surface area contributed by atoms with Gasteiger partial charge in [-0.25, -0.2) is 18.4 Å². The largest absolute Gasteiger partial charge is 0.494 e. The molecule has 0 saturated carbocycles. The molecule has 0 aliphatic carbocycles. The van der Waals surface area contributed by atoms with Gasteiger partial charge in [-0.3, -0.25) is 14.6 Å². The Labute approximate surface area is 282 Å². The molecule has 6 rings (SSSR count). The van der Waals surface area contributed by atoms with Crippen LogP contribution < -0.4 is 15.7 Å². The highest BCUT2D eigenvalue weighted by Gasteiger charge is 2.23. The Morgan fingerprint density at radius 2 is 1.65 bits per heavy atom. The number of rotatable bonds is 11. The number of amides is 1. The first-order chi connectivity index (χ1) is 23.7.